The van der Waals surface area contributed by atoms with E-state index in [1.165, 1.54) is 77.9 Å². The summed E-state index contributed by atoms with van der Waals surface area (Å²) < 4.78 is 7.28. The van der Waals surface area contributed by atoms with E-state index in [0.29, 0.717) is 0 Å². The van der Waals surface area contributed by atoms with Crippen molar-refractivity contribution < 1.29 is 4.42 Å². The molecular weight excluding hydrogens is 775 g/mol. The van der Waals surface area contributed by atoms with Gasteiger partial charge in [0.1, 0.15) is 16.8 Å². The maximum Gasteiger partial charge on any atom is 0.135 e. The Hall–Kier alpha value is -7.94. The van der Waals surface area contributed by atoms with E-state index in [4.69, 9.17) is 4.42 Å². The van der Waals surface area contributed by atoms with E-state index in [1.807, 2.05) is 0 Å². The number of furan rings is 1. The molecule has 1 aromatic heterocycles. The molecule has 64 heavy (non-hydrogen) atoms. The van der Waals surface area contributed by atoms with Crippen molar-refractivity contribution in [3.63, 3.8) is 0 Å². The number of anilines is 3. The van der Waals surface area contributed by atoms with Gasteiger partial charge in [0.05, 0.1) is 0 Å². The van der Waals surface area contributed by atoms with Crippen LogP contribution in [0.4, 0.5) is 17.1 Å². The van der Waals surface area contributed by atoms with Gasteiger partial charge in [0.2, 0.25) is 0 Å². The minimum Gasteiger partial charge on any atom is -0.459 e. The molecule has 1 unspecified atom stereocenters. The van der Waals surface area contributed by atoms with Gasteiger partial charge in [0.15, 0.2) is 0 Å². The van der Waals surface area contributed by atoms with Crippen LogP contribution in [0, 0.1) is 0 Å². The fourth-order valence-electron chi connectivity index (χ4n) is 11.5. The molecule has 3 aliphatic carbocycles. The Labute approximate surface area is 374 Å². The number of rotatable bonds is 6. The van der Waals surface area contributed by atoms with E-state index < -0.39 is 5.41 Å². The smallest absolute Gasteiger partial charge is 0.135 e. The van der Waals surface area contributed by atoms with Crippen molar-refractivity contribution in [2.75, 3.05) is 4.90 Å². The first-order valence-corrected chi connectivity index (χ1v) is 22.3. The second-order valence-corrected chi connectivity index (χ2v) is 18.0. The molecule has 0 bridgehead atoms. The van der Waals surface area contributed by atoms with E-state index in [0.717, 1.165) is 39.4 Å². The first-order chi connectivity index (χ1) is 31.5. The third kappa shape index (κ3) is 5.08. The standard InChI is InChI=1S/C62H43NO/c1-61(2)52-29-15-12-25-45(52)47-35-33-44(39-56(47)61)63(42-23-10-5-11-24-42)43-34-36-54-51(38-43)46-26-13-16-30-53(46)62(54)55-31-18-28-48(58(55)59-49-27-14-17-32-57(49)64-60(59)62)50(41-21-8-4-9-22-41)37-40-19-6-3-7-20-40/h3-39H,1-2H3/b50-37+. The lowest BCUT2D eigenvalue weighted by molar-refractivity contribution is 0.507. The SMILES string of the molecule is CC1(C)c2ccccc2-c2ccc(N(c3ccccc3)c3ccc4c(c3)-c3ccccc3C43c4cccc(/C(=C/c5ccccc5)c5ccccc5)c4-c4c3oc3ccccc43)cc21. The number of hydrogen-bond donors (Lipinski definition) is 0. The quantitative estimate of drug-likeness (QED) is 0.155. The Morgan fingerprint density at radius 2 is 1.03 bits per heavy atom. The molecule has 1 atom stereocenters. The predicted molar refractivity (Wildman–Crippen MR) is 265 cm³/mol. The molecule has 9 aromatic carbocycles. The predicted octanol–water partition coefficient (Wildman–Crippen LogP) is 16.1. The fraction of sp³-hybridized carbons (Fsp3) is 0.0645. The molecule has 0 saturated carbocycles. The van der Waals surface area contributed by atoms with Crippen molar-refractivity contribution in [3.05, 3.63) is 269 Å². The fourth-order valence-corrected chi connectivity index (χ4v) is 11.5. The van der Waals surface area contributed by atoms with Crippen LogP contribution >= 0.6 is 0 Å². The van der Waals surface area contributed by atoms with Gasteiger partial charge in [-0.15, -0.1) is 0 Å². The average molecular weight is 818 g/mol. The minimum atomic E-state index is -0.681. The van der Waals surface area contributed by atoms with Gasteiger partial charge >= 0.3 is 0 Å². The van der Waals surface area contributed by atoms with Crippen LogP contribution in [0.15, 0.2) is 223 Å². The van der Waals surface area contributed by atoms with Crippen LogP contribution in [0.3, 0.4) is 0 Å². The Kier molecular flexibility index (Phi) is 7.90. The van der Waals surface area contributed by atoms with Gasteiger partial charge in [-0.2, -0.15) is 0 Å². The van der Waals surface area contributed by atoms with Gasteiger partial charge < -0.3 is 9.32 Å². The first kappa shape index (κ1) is 36.7. The molecule has 3 aliphatic rings. The third-order valence-electron chi connectivity index (χ3n) is 14.3. The normalized spacial score (nSPS) is 15.9. The molecule has 1 heterocycles. The second kappa shape index (κ2) is 13.8. The Bertz CT molecular complexity index is 3520. The molecule has 0 amide bonds. The van der Waals surface area contributed by atoms with Crippen LogP contribution in [-0.2, 0) is 10.8 Å². The molecule has 0 N–H and O–H groups in total. The van der Waals surface area contributed by atoms with Crippen LogP contribution in [0.1, 0.15) is 64.1 Å². The zero-order chi connectivity index (χ0) is 42.6. The van der Waals surface area contributed by atoms with Crippen LogP contribution in [-0.4, -0.2) is 0 Å². The maximum atomic E-state index is 7.28. The van der Waals surface area contributed by atoms with E-state index >= 15 is 0 Å². The minimum absolute atomic E-state index is 0.122. The summed E-state index contributed by atoms with van der Waals surface area (Å²) >= 11 is 0. The van der Waals surface area contributed by atoms with Crippen LogP contribution < -0.4 is 4.90 Å². The Balaban J connectivity index is 1.06. The summed E-state index contributed by atoms with van der Waals surface area (Å²) in [5, 5.41) is 1.13. The molecule has 0 radical (unpaired) electrons. The highest BCUT2D eigenvalue weighted by Crippen LogP contribution is 2.66. The highest BCUT2D eigenvalue weighted by Gasteiger charge is 2.56. The summed E-state index contributed by atoms with van der Waals surface area (Å²) in [5.41, 5.74) is 22.1. The van der Waals surface area contributed by atoms with Gasteiger partial charge in [-0.3, -0.25) is 0 Å². The summed E-state index contributed by atoms with van der Waals surface area (Å²) in [6, 6.07) is 80.0. The zero-order valence-corrected chi connectivity index (χ0v) is 35.7. The molecule has 302 valence electrons. The molecule has 10 aromatic rings. The van der Waals surface area contributed by atoms with Crippen LogP contribution in [0.25, 0.3) is 56.0 Å². The molecule has 0 saturated heterocycles. The van der Waals surface area contributed by atoms with Gasteiger partial charge in [-0.05, 0) is 126 Å². The zero-order valence-electron chi connectivity index (χ0n) is 35.7. The first-order valence-electron chi connectivity index (χ1n) is 22.3. The Morgan fingerprint density at radius 1 is 0.438 bits per heavy atom. The highest BCUT2D eigenvalue weighted by atomic mass is 16.3. The summed E-state index contributed by atoms with van der Waals surface area (Å²) in [5.74, 6) is 0.988. The molecule has 13 rings (SSSR count). The monoisotopic (exact) mass is 817 g/mol. The largest absolute Gasteiger partial charge is 0.459 e. The lowest BCUT2D eigenvalue weighted by atomic mass is 9.72. The summed E-state index contributed by atoms with van der Waals surface area (Å²) in [6.07, 6.45) is 2.34. The Morgan fingerprint density at radius 3 is 1.83 bits per heavy atom. The number of hydrogen-bond acceptors (Lipinski definition) is 2. The number of para-hydroxylation sites is 2. The molecule has 1 spiro atoms. The highest BCUT2D eigenvalue weighted by molar-refractivity contribution is 6.09. The number of nitrogens with zero attached hydrogens (tertiary/aromatic N) is 1. The molecular formula is C62H43NO. The van der Waals surface area contributed by atoms with Gasteiger partial charge in [-0.1, -0.05) is 190 Å². The van der Waals surface area contributed by atoms with Gasteiger partial charge in [-0.25, -0.2) is 0 Å². The lowest BCUT2D eigenvalue weighted by Gasteiger charge is -2.30. The molecule has 2 heteroatoms. The lowest BCUT2D eigenvalue weighted by Crippen LogP contribution is -2.25. The van der Waals surface area contributed by atoms with Crippen molar-refractivity contribution in [2.24, 2.45) is 0 Å². The van der Waals surface area contributed by atoms with Crippen molar-refractivity contribution in [3.8, 4) is 33.4 Å². The average Bonchev–Trinajstić information content (AvgIpc) is 4.03. The molecule has 2 nitrogen and oxygen atoms in total. The van der Waals surface area contributed by atoms with E-state index in [1.54, 1.807) is 0 Å². The summed E-state index contributed by atoms with van der Waals surface area (Å²) in [4.78, 5) is 2.43. The number of benzene rings is 9. The summed E-state index contributed by atoms with van der Waals surface area (Å²) in [6.45, 7) is 4.72. The van der Waals surface area contributed by atoms with Gasteiger partial charge in [0.25, 0.3) is 0 Å². The third-order valence-corrected chi connectivity index (χ3v) is 14.3. The van der Waals surface area contributed by atoms with Crippen molar-refractivity contribution in [2.45, 2.75) is 24.7 Å². The van der Waals surface area contributed by atoms with E-state index in [-0.39, 0.29) is 5.41 Å². The number of fused-ring (bicyclic) bond motifs is 15. The van der Waals surface area contributed by atoms with Crippen molar-refractivity contribution in [1.82, 2.24) is 0 Å². The van der Waals surface area contributed by atoms with Crippen molar-refractivity contribution in [1.29, 1.82) is 0 Å². The molecule has 0 aliphatic heterocycles. The van der Waals surface area contributed by atoms with Crippen LogP contribution in [0.2, 0.25) is 0 Å². The second-order valence-electron chi connectivity index (χ2n) is 18.0. The van der Waals surface area contributed by atoms with Crippen molar-refractivity contribution >= 4 is 39.7 Å². The van der Waals surface area contributed by atoms with Gasteiger partial charge in [0, 0.05) is 33.4 Å². The van der Waals surface area contributed by atoms with E-state index in [2.05, 4.69) is 243 Å². The molecule has 0 fully saturated rings. The summed E-state index contributed by atoms with van der Waals surface area (Å²) in [7, 11) is 0. The maximum absolute atomic E-state index is 7.28. The topological polar surface area (TPSA) is 16.4 Å². The van der Waals surface area contributed by atoms with Crippen LogP contribution in [0.5, 0.6) is 0 Å². The van der Waals surface area contributed by atoms with E-state index in [9.17, 15) is 0 Å².